The molecule has 2 rings (SSSR count). The lowest BCUT2D eigenvalue weighted by molar-refractivity contribution is 0.120. The third kappa shape index (κ3) is 2.92. The molecule has 0 bridgehead atoms. The Morgan fingerprint density at radius 3 is 3.06 bits per heavy atom. The Morgan fingerprint density at radius 1 is 1.59 bits per heavy atom. The van der Waals surface area contributed by atoms with Crippen molar-refractivity contribution >= 4 is 22.9 Å². The van der Waals surface area contributed by atoms with Crippen molar-refractivity contribution in [3.8, 4) is 0 Å². The summed E-state index contributed by atoms with van der Waals surface area (Å²) in [6.45, 7) is 1.46. The summed E-state index contributed by atoms with van der Waals surface area (Å²) in [6.07, 6.45) is 2.31. The van der Waals surface area contributed by atoms with Gasteiger partial charge in [-0.25, -0.2) is 4.39 Å². The molecule has 0 aromatic heterocycles. The molecule has 1 aliphatic heterocycles. The van der Waals surface area contributed by atoms with E-state index in [9.17, 15) is 4.39 Å². The molecule has 3 nitrogen and oxygen atoms in total. The minimum absolute atomic E-state index is 0.0675. The van der Waals surface area contributed by atoms with E-state index in [0.717, 1.165) is 19.4 Å². The SMILES string of the molecule is NC(=S)c1c(F)cccc1NCC1CCCO1. The zero-order valence-corrected chi connectivity index (χ0v) is 10.2. The number of ether oxygens (including phenoxy) is 1. The summed E-state index contributed by atoms with van der Waals surface area (Å²) in [4.78, 5) is 0.0675. The molecule has 17 heavy (non-hydrogen) atoms. The number of hydrogen-bond donors (Lipinski definition) is 2. The van der Waals surface area contributed by atoms with Gasteiger partial charge in [0.25, 0.3) is 0 Å². The van der Waals surface area contributed by atoms with Crippen LogP contribution in [0.15, 0.2) is 18.2 Å². The molecule has 92 valence electrons. The summed E-state index contributed by atoms with van der Waals surface area (Å²) < 4.78 is 19.0. The largest absolute Gasteiger partial charge is 0.389 e. The first-order valence-electron chi connectivity index (χ1n) is 5.62. The number of nitrogens with one attached hydrogen (secondary N) is 1. The van der Waals surface area contributed by atoms with E-state index in [1.54, 1.807) is 12.1 Å². The van der Waals surface area contributed by atoms with Gasteiger partial charge in [0.2, 0.25) is 0 Å². The molecule has 0 saturated carbocycles. The van der Waals surface area contributed by atoms with E-state index in [0.29, 0.717) is 12.2 Å². The summed E-state index contributed by atoms with van der Waals surface area (Å²) >= 11 is 4.85. The van der Waals surface area contributed by atoms with Crippen LogP contribution in [0.1, 0.15) is 18.4 Å². The Hall–Kier alpha value is -1.20. The molecule has 0 amide bonds. The second-order valence-electron chi connectivity index (χ2n) is 4.04. The monoisotopic (exact) mass is 254 g/mol. The topological polar surface area (TPSA) is 47.3 Å². The average molecular weight is 254 g/mol. The van der Waals surface area contributed by atoms with Gasteiger partial charge in [0.1, 0.15) is 10.8 Å². The molecule has 1 aromatic carbocycles. The Kier molecular flexibility index (Phi) is 3.91. The van der Waals surface area contributed by atoms with Crippen LogP contribution < -0.4 is 11.1 Å². The summed E-state index contributed by atoms with van der Waals surface area (Å²) in [5.74, 6) is -0.394. The van der Waals surface area contributed by atoms with Gasteiger partial charge < -0.3 is 15.8 Å². The maximum atomic E-state index is 13.6. The fourth-order valence-electron chi connectivity index (χ4n) is 1.95. The van der Waals surface area contributed by atoms with Gasteiger partial charge in [-0.3, -0.25) is 0 Å². The predicted molar refractivity (Wildman–Crippen MR) is 69.8 cm³/mol. The number of rotatable bonds is 4. The van der Waals surface area contributed by atoms with E-state index in [1.807, 2.05) is 0 Å². The number of halogens is 1. The normalized spacial score (nSPS) is 19.2. The van der Waals surface area contributed by atoms with Crippen LogP contribution in [0.25, 0.3) is 0 Å². The van der Waals surface area contributed by atoms with Crippen molar-refractivity contribution in [3.63, 3.8) is 0 Å². The van der Waals surface area contributed by atoms with Crippen molar-refractivity contribution in [2.75, 3.05) is 18.5 Å². The predicted octanol–water partition coefficient (Wildman–Crippen LogP) is 2.05. The lowest BCUT2D eigenvalue weighted by Crippen LogP contribution is -2.21. The van der Waals surface area contributed by atoms with E-state index in [-0.39, 0.29) is 16.7 Å². The van der Waals surface area contributed by atoms with Crippen molar-refractivity contribution in [1.29, 1.82) is 0 Å². The molecule has 1 saturated heterocycles. The Labute approximate surface area is 105 Å². The highest BCUT2D eigenvalue weighted by molar-refractivity contribution is 7.80. The maximum Gasteiger partial charge on any atom is 0.135 e. The molecule has 0 spiro atoms. The van der Waals surface area contributed by atoms with Gasteiger partial charge >= 0.3 is 0 Å². The smallest absolute Gasteiger partial charge is 0.135 e. The van der Waals surface area contributed by atoms with Crippen molar-refractivity contribution in [1.82, 2.24) is 0 Å². The molecule has 1 heterocycles. The van der Waals surface area contributed by atoms with Crippen LogP contribution in [-0.2, 0) is 4.74 Å². The number of hydrogen-bond acceptors (Lipinski definition) is 3. The highest BCUT2D eigenvalue weighted by Crippen LogP contribution is 2.20. The first kappa shape index (κ1) is 12.3. The first-order chi connectivity index (χ1) is 8.18. The minimum Gasteiger partial charge on any atom is -0.389 e. The standard InChI is InChI=1S/C12H15FN2OS/c13-9-4-1-5-10(11(9)12(14)17)15-7-8-3-2-6-16-8/h1,4-5,8,15H,2-3,6-7H2,(H2,14,17). The Morgan fingerprint density at radius 2 is 2.41 bits per heavy atom. The highest BCUT2D eigenvalue weighted by atomic mass is 32.1. The van der Waals surface area contributed by atoms with Gasteiger partial charge in [-0.15, -0.1) is 0 Å². The molecule has 5 heteroatoms. The van der Waals surface area contributed by atoms with E-state index >= 15 is 0 Å². The second-order valence-corrected chi connectivity index (χ2v) is 4.48. The molecule has 3 N–H and O–H groups in total. The molecule has 1 aromatic rings. The molecular formula is C12H15FN2OS. The third-order valence-electron chi connectivity index (χ3n) is 2.80. The van der Waals surface area contributed by atoms with Crippen LogP contribution in [0.5, 0.6) is 0 Å². The molecule has 1 unspecified atom stereocenters. The number of benzene rings is 1. The minimum atomic E-state index is -0.394. The molecule has 0 radical (unpaired) electrons. The van der Waals surface area contributed by atoms with Crippen molar-refractivity contribution in [2.24, 2.45) is 5.73 Å². The summed E-state index contributed by atoms with van der Waals surface area (Å²) in [5, 5.41) is 3.14. The molecule has 1 fully saturated rings. The number of anilines is 1. The zero-order chi connectivity index (χ0) is 12.3. The zero-order valence-electron chi connectivity index (χ0n) is 9.41. The average Bonchev–Trinajstić information content (AvgIpc) is 2.78. The van der Waals surface area contributed by atoms with E-state index < -0.39 is 5.82 Å². The lowest BCUT2D eigenvalue weighted by atomic mass is 10.1. The molecule has 1 atom stereocenters. The van der Waals surface area contributed by atoms with Crippen LogP contribution >= 0.6 is 12.2 Å². The van der Waals surface area contributed by atoms with Crippen LogP contribution in [0.4, 0.5) is 10.1 Å². The quantitative estimate of drug-likeness (QED) is 0.807. The van der Waals surface area contributed by atoms with E-state index in [2.05, 4.69) is 5.32 Å². The summed E-state index contributed by atoms with van der Waals surface area (Å²) in [5.41, 5.74) is 6.43. The van der Waals surface area contributed by atoms with Gasteiger partial charge in [0.05, 0.1) is 11.7 Å². The van der Waals surface area contributed by atoms with Crippen LogP contribution in [0.3, 0.4) is 0 Å². The van der Waals surface area contributed by atoms with Gasteiger partial charge in [0.15, 0.2) is 0 Å². The first-order valence-corrected chi connectivity index (χ1v) is 6.03. The van der Waals surface area contributed by atoms with E-state index in [4.69, 9.17) is 22.7 Å². The van der Waals surface area contributed by atoms with E-state index in [1.165, 1.54) is 6.07 Å². The fraction of sp³-hybridized carbons (Fsp3) is 0.417. The van der Waals surface area contributed by atoms with Crippen LogP contribution in [0, 0.1) is 5.82 Å². The van der Waals surface area contributed by atoms with Crippen LogP contribution in [-0.4, -0.2) is 24.2 Å². The Bertz CT molecular complexity index is 419. The number of thiocarbonyl (C=S) groups is 1. The molecule has 0 aliphatic carbocycles. The maximum absolute atomic E-state index is 13.6. The van der Waals surface area contributed by atoms with Gasteiger partial charge in [-0.1, -0.05) is 18.3 Å². The Balaban J connectivity index is 2.09. The lowest BCUT2D eigenvalue weighted by Gasteiger charge is -2.15. The number of nitrogens with two attached hydrogens (primary N) is 1. The summed E-state index contributed by atoms with van der Waals surface area (Å²) in [6, 6.07) is 4.76. The van der Waals surface area contributed by atoms with Crippen molar-refractivity contribution < 1.29 is 9.13 Å². The van der Waals surface area contributed by atoms with Crippen molar-refractivity contribution in [3.05, 3.63) is 29.6 Å². The highest BCUT2D eigenvalue weighted by Gasteiger charge is 2.16. The van der Waals surface area contributed by atoms with Crippen LogP contribution in [0.2, 0.25) is 0 Å². The summed E-state index contributed by atoms with van der Waals surface area (Å²) in [7, 11) is 0. The van der Waals surface area contributed by atoms with Crippen molar-refractivity contribution in [2.45, 2.75) is 18.9 Å². The van der Waals surface area contributed by atoms with Gasteiger partial charge in [-0.2, -0.15) is 0 Å². The molecule has 1 aliphatic rings. The second kappa shape index (κ2) is 5.42. The van der Waals surface area contributed by atoms with Gasteiger partial charge in [0, 0.05) is 18.8 Å². The molecular weight excluding hydrogens is 239 g/mol. The van der Waals surface area contributed by atoms with Gasteiger partial charge in [-0.05, 0) is 25.0 Å². The fourth-order valence-corrected chi connectivity index (χ4v) is 2.16. The third-order valence-corrected chi connectivity index (χ3v) is 3.01.